The van der Waals surface area contributed by atoms with E-state index in [1.54, 1.807) is 30.3 Å². The molecule has 0 bridgehead atoms. The van der Waals surface area contributed by atoms with Gasteiger partial charge in [0.1, 0.15) is 12.4 Å². The summed E-state index contributed by atoms with van der Waals surface area (Å²) in [4.78, 5) is 62.2. The zero-order valence-corrected chi connectivity index (χ0v) is 20.7. The van der Waals surface area contributed by atoms with Crippen LogP contribution in [0.15, 0.2) is 35.9 Å². The van der Waals surface area contributed by atoms with Gasteiger partial charge in [-0.2, -0.15) is 4.90 Å². The molecule has 6 amide bonds. The predicted octanol–water partition coefficient (Wildman–Crippen LogP) is 1.12. The highest BCUT2D eigenvalue weighted by Gasteiger charge is 2.75. The van der Waals surface area contributed by atoms with E-state index in [-0.39, 0.29) is 26.1 Å². The van der Waals surface area contributed by atoms with Crippen molar-refractivity contribution in [1.29, 1.82) is 0 Å². The minimum Gasteiger partial charge on any atom is -0.491 e. The third kappa shape index (κ3) is 3.04. The molecule has 12 heteroatoms. The average molecular weight is 536 g/mol. The Hall–Kier alpha value is -2.95. The van der Waals surface area contributed by atoms with Crippen molar-refractivity contribution in [2.24, 2.45) is 23.5 Å². The third-order valence-electron chi connectivity index (χ3n) is 7.81. The largest absolute Gasteiger partial charge is 0.491 e. The average Bonchev–Trinajstić information content (AvgIpc) is 3.18. The Morgan fingerprint density at radius 1 is 1.11 bits per heavy atom. The molecule has 6 atom stereocenters. The molecule has 0 spiro atoms. The molecule has 2 aliphatic heterocycles. The van der Waals surface area contributed by atoms with Crippen LogP contribution < -0.4 is 10.5 Å². The van der Waals surface area contributed by atoms with Crippen LogP contribution in [0.25, 0.3) is 0 Å². The van der Waals surface area contributed by atoms with Crippen LogP contribution in [0.4, 0.5) is 4.79 Å². The summed E-state index contributed by atoms with van der Waals surface area (Å²) in [5, 5.41) is 9.00. The van der Waals surface area contributed by atoms with Gasteiger partial charge in [-0.05, 0) is 36.5 Å². The van der Waals surface area contributed by atoms with Gasteiger partial charge in [0.2, 0.25) is 11.8 Å². The summed E-state index contributed by atoms with van der Waals surface area (Å²) in [6.07, 6.45) is 1.73. The minimum atomic E-state index is -1.90. The van der Waals surface area contributed by atoms with Crippen molar-refractivity contribution in [3.8, 4) is 5.75 Å². The number of rotatable bonds is 4. The molecular weight excluding hydrogens is 513 g/mol. The number of aliphatic hydroxyl groups excluding tert-OH is 1. The molecular formula is C24H23Cl2N3O7. The van der Waals surface area contributed by atoms with Crippen LogP contribution in [0, 0.1) is 17.8 Å². The molecule has 2 heterocycles. The van der Waals surface area contributed by atoms with Gasteiger partial charge in [0, 0.05) is 13.0 Å². The quantitative estimate of drug-likeness (QED) is 0.333. The molecule has 3 N–H and O–H groups in total. The summed E-state index contributed by atoms with van der Waals surface area (Å²) in [6, 6.07) is 5.48. The number of nitrogens with two attached hydrogens (primary N) is 1. The summed E-state index contributed by atoms with van der Waals surface area (Å²) in [7, 11) is 1.31. The Bertz CT molecular complexity index is 1230. The second kappa shape index (κ2) is 8.29. The molecule has 0 radical (unpaired) electrons. The van der Waals surface area contributed by atoms with Crippen LogP contribution in [0.3, 0.4) is 0 Å². The molecule has 5 rings (SSSR count). The number of alkyl halides is 2. The fraction of sp³-hybridized carbons (Fsp3) is 0.458. The first-order valence-corrected chi connectivity index (χ1v) is 12.2. The van der Waals surface area contributed by atoms with Gasteiger partial charge in [-0.25, -0.2) is 4.79 Å². The number of benzene rings is 1. The number of aliphatic hydroxyl groups is 1. The maximum Gasteiger partial charge on any atom is 0.328 e. The van der Waals surface area contributed by atoms with E-state index < -0.39 is 63.1 Å². The Balaban J connectivity index is 1.66. The predicted molar refractivity (Wildman–Crippen MR) is 126 cm³/mol. The number of urea groups is 1. The number of imide groups is 4. The molecule has 1 saturated carbocycles. The fourth-order valence-corrected chi connectivity index (χ4v) is 7.27. The van der Waals surface area contributed by atoms with Crippen molar-refractivity contribution in [3.63, 3.8) is 0 Å². The highest BCUT2D eigenvalue weighted by molar-refractivity contribution is 6.53. The van der Waals surface area contributed by atoms with E-state index in [2.05, 4.69) is 0 Å². The van der Waals surface area contributed by atoms with E-state index in [1.807, 2.05) is 0 Å². The van der Waals surface area contributed by atoms with E-state index >= 15 is 0 Å². The summed E-state index contributed by atoms with van der Waals surface area (Å²) < 4.78 is 5.42. The summed E-state index contributed by atoms with van der Waals surface area (Å²) in [5.74, 6) is -5.75. The summed E-state index contributed by atoms with van der Waals surface area (Å²) in [6.45, 7) is -0.0767. The molecule has 2 saturated heterocycles. The number of amides is 6. The molecule has 3 fully saturated rings. The number of hydrogen-bond donors (Lipinski definition) is 2. The van der Waals surface area contributed by atoms with E-state index in [9.17, 15) is 24.0 Å². The number of hydrogen-bond acceptors (Lipinski definition) is 7. The molecule has 1 aromatic carbocycles. The van der Waals surface area contributed by atoms with Crippen LogP contribution in [0.1, 0.15) is 24.3 Å². The number of allylic oxidation sites excluding steroid dienone is 2. The SMILES string of the molecule is CN1C(=O)C2(Cl)CC3C(=CCC4C(=O)N(C(N)=O)C(=O)C43)C(c3ccc(OCCO)cc3)C2(Cl)C1=O. The van der Waals surface area contributed by atoms with E-state index in [1.165, 1.54) is 7.05 Å². The molecule has 4 aliphatic rings. The van der Waals surface area contributed by atoms with Gasteiger partial charge < -0.3 is 15.6 Å². The molecule has 6 unspecified atom stereocenters. The lowest BCUT2D eigenvalue weighted by Gasteiger charge is -2.50. The van der Waals surface area contributed by atoms with Gasteiger partial charge in [-0.15, -0.1) is 23.2 Å². The lowest BCUT2D eigenvalue weighted by molar-refractivity contribution is -0.139. The van der Waals surface area contributed by atoms with E-state index in [0.717, 1.165) is 4.90 Å². The van der Waals surface area contributed by atoms with Crippen LogP contribution in [0.5, 0.6) is 5.75 Å². The van der Waals surface area contributed by atoms with Crippen molar-refractivity contribution in [2.45, 2.75) is 28.5 Å². The Labute approximate surface area is 215 Å². The third-order valence-corrected chi connectivity index (χ3v) is 9.22. The van der Waals surface area contributed by atoms with Crippen molar-refractivity contribution in [3.05, 3.63) is 41.5 Å². The van der Waals surface area contributed by atoms with Gasteiger partial charge in [0.25, 0.3) is 11.8 Å². The number of carbonyl (C=O) groups is 5. The molecule has 10 nitrogen and oxygen atoms in total. The van der Waals surface area contributed by atoms with Gasteiger partial charge in [0.15, 0.2) is 9.75 Å². The van der Waals surface area contributed by atoms with Crippen molar-refractivity contribution >= 4 is 52.9 Å². The minimum absolute atomic E-state index is 0.0909. The van der Waals surface area contributed by atoms with Gasteiger partial charge in [0.05, 0.1) is 18.4 Å². The first-order chi connectivity index (χ1) is 17.0. The fourth-order valence-electron chi connectivity index (χ4n) is 6.26. The maximum absolute atomic E-state index is 13.4. The molecule has 2 aliphatic carbocycles. The number of halogens is 2. The van der Waals surface area contributed by atoms with Crippen LogP contribution in [-0.2, 0) is 19.2 Å². The molecule has 0 aromatic heterocycles. The van der Waals surface area contributed by atoms with E-state index in [0.29, 0.717) is 21.8 Å². The number of primary amides is 1. The lowest BCUT2D eigenvalue weighted by atomic mass is 9.56. The summed E-state index contributed by atoms with van der Waals surface area (Å²) in [5.41, 5.74) is 6.47. The van der Waals surface area contributed by atoms with Gasteiger partial charge >= 0.3 is 6.03 Å². The normalized spacial score (nSPS) is 35.4. The second-order valence-corrected chi connectivity index (χ2v) is 10.7. The van der Waals surface area contributed by atoms with Crippen molar-refractivity contribution in [2.75, 3.05) is 20.3 Å². The first kappa shape index (κ1) is 24.7. The summed E-state index contributed by atoms with van der Waals surface area (Å²) >= 11 is 14.1. The van der Waals surface area contributed by atoms with Crippen molar-refractivity contribution < 1.29 is 33.8 Å². The number of likely N-dealkylation sites (tertiary alicyclic amines) is 2. The van der Waals surface area contributed by atoms with Gasteiger partial charge in [-0.1, -0.05) is 23.8 Å². The number of ether oxygens (including phenoxy) is 1. The smallest absolute Gasteiger partial charge is 0.328 e. The second-order valence-electron chi connectivity index (χ2n) is 9.49. The maximum atomic E-state index is 13.4. The zero-order chi connectivity index (χ0) is 26.2. The van der Waals surface area contributed by atoms with Gasteiger partial charge in [-0.3, -0.25) is 24.1 Å². The number of nitrogens with zero attached hydrogens (tertiary/aromatic N) is 2. The molecule has 1 aromatic rings. The Morgan fingerprint density at radius 3 is 2.39 bits per heavy atom. The highest BCUT2D eigenvalue weighted by Crippen LogP contribution is 2.65. The lowest BCUT2D eigenvalue weighted by Crippen LogP contribution is -2.60. The molecule has 190 valence electrons. The first-order valence-electron chi connectivity index (χ1n) is 11.4. The van der Waals surface area contributed by atoms with Crippen LogP contribution in [0.2, 0.25) is 0 Å². The highest BCUT2D eigenvalue weighted by atomic mass is 35.5. The van der Waals surface area contributed by atoms with Crippen molar-refractivity contribution in [1.82, 2.24) is 9.80 Å². The van der Waals surface area contributed by atoms with Crippen LogP contribution in [-0.4, -0.2) is 74.6 Å². The number of fused-ring (bicyclic) bond motifs is 4. The Kier molecular flexibility index (Phi) is 5.70. The Morgan fingerprint density at radius 2 is 1.78 bits per heavy atom. The number of carbonyl (C=O) groups excluding carboxylic acids is 5. The standard InChI is InChI=1S/C24H23Cl2N3O7/c1-28-20(33)23(25)10-15-13(6-7-14-16(15)19(32)29(18(14)31)22(27)35)17(24(23,26)21(28)34)11-2-4-12(5-3-11)36-9-8-30/h2-6,14-17,30H,7-10H2,1H3,(H2,27,35). The zero-order valence-electron chi connectivity index (χ0n) is 19.1. The monoisotopic (exact) mass is 535 g/mol. The van der Waals surface area contributed by atoms with E-state index in [4.69, 9.17) is 38.8 Å². The molecule has 36 heavy (non-hydrogen) atoms. The topological polar surface area (TPSA) is 147 Å². The van der Waals surface area contributed by atoms with Crippen LogP contribution >= 0.6 is 23.2 Å².